The molecular formula is C24H25FN4O4S. The minimum absolute atomic E-state index is 0.0421. The Kier molecular flexibility index (Phi) is 5.86. The molecule has 1 fully saturated rings. The number of anilines is 1. The van der Waals surface area contributed by atoms with Crippen LogP contribution in [0, 0.1) is 5.82 Å². The fourth-order valence-electron chi connectivity index (χ4n) is 4.59. The molecule has 2 heterocycles. The fraction of sp³-hybridized carbons (Fsp3) is 0.333. The van der Waals surface area contributed by atoms with Gasteiger partial charge in [-0.1, -0.05) is 36.4 Å². The van der Waals surface area contributed by atoms with E-state index in [-0.39, 0.29) is 17.5 Å². The number of hydrogen-bond acceptors (Lipinski definition) is 6. The van der Waals surface area contributed by atoms with Crippen molar-refractivity contribution in [3.63, 3.8) is 0 Å². The zero-order valence-electron chi connectivity index (χ0n) is 18.7. The van der Waals surface area contributed by atoms with Crippen LogP contribution in [0.2, 0.25) is 0 Å². The summed E-state index contributed by atoms with van der Waals surface area (Å²) in [7, 11) is -3.29. The average Bonchev–Trinajstić information content (AvgIpc) is 3.23. The lowest BCUT2D eigenvalue weighted by molar-refractivity contribution is 0.209. The molecule has 0 unspecified atom stereocenters. The van der Waals surface area contributed by atoms with Crippen LogP contribution in [-0.2, 0) is 22.9 Å². The number of rotatable bonds is 5. The van der Waals surface area contributed by atoms with E-state index < -0.39 is 21.4 Å². The highest BCUT2D eigenvalue weighted by molar-refractivity contribution is 7.88. The van der Waals surface area contributed by atoms with Crippen LogP contribution in [-0.4, -0.2) is 61.0 Å². The van der Waals surface area contributed by atoms with Gasteiger partial charge in [0.25, 0.3) is 0 Å². The summed E-state index contributed by atoms with van der Waals surface area (Å²) in [6.07, 6.45) is 3.78. The Balaban J connectivity index is 1.51. The molecule has 0 bridgehead atoms. The first-order valence-corrected chi connectivity index (χ1v) is 13.0. The van der Waals surface area contributed by atoms with Crippen molar-refractivity contribution in [2.45, 2.75) is 18.9 Å². The van der Waals surface area contributed by atoms with Gasteiger partial charge in [0.1, 0.15) is 23.3 Å². The lowest BCUT2D eigenvalue weighted by Gasteiger charge is -2.35. The van der Waals surface area contributed by atoms with Crippen molar-refractivity contribution >= 4 is 15.7 Å². The number of piperazine rings is 1. The molecule has 2 aromatic carbocycles. The lowest BCUT2D eigenvalue weighted by Crippen LogP contribution is -2.49. The molecule has 0 atom stereocenters. The van der Waals surface area contributed by atoms with Crippen molar-refractivity contribution in [2.75, 3.05) is 37.3 Å². The molecule has 3 aromatic rings. The van der Waals surface area contributed by atoms with Crippen LogP contribution in [0.3, 0.4) is 0 Å². The summed E-state index contributed by atoms with van der Waals surface area (Å²) >= 11 is 0. The number of ether oxygens (including phenoxy) is 1. The number of nitrogens with zero attached hydrogens (tertiary/aromatic N) is 4. The third-order valence-corrected chi connectivity index (χ3v) is 7.64. The minimum atomic E-state index is -3.29. The van der Waals surface area contributed by atoms with Crippen LogP contribution < -0.4 is 15.2 Å². The molecule has 0 spiro atoms. The first kappa shape index (κ1) is 22.5. The van der Waals surface area contributed by atoms with Crippen LogP contribution in [0.4, 0.5) is 10.1 Å². The Morgan fingerprint density at radius 2 is 1.56 bits per heavy atom. The number of hydrogen-bond donors (Lipinski definition) is 0. The maximum atomic E-state index is 14.5. The fourth-order valence-corrected chi connectivity index (χ4v) is 5.42. The smallest absolute Gasteiger partial charge is 0.316 e. The SMILES string of the molecule is CS(=O)(=O)N1CCN(c2cnn(-c3ccccc3F)c(=O)c2OC2Cc3ccccc3C2)CC1. The normalized spacial score (nSPS) is 17.1. The van der Waals surface area contributed by atoms with Crippen LogP contribution in [0.25, 0.3) is 5.69 Å². The van der Waals surface area contributed by atoms with Crippen molar-refractivity contribution < 1.29 is 17.5 Å². The van der Waals surface area contributed by atoms with Gasteiger partial charge in [-0.15, -0.1) is 0 Å². The van der Waals surface area contributed by atoms with E-state index in [9.17, 15) is 17.6 Å². The van der Waals surface area contributed by atoms with E-state index in [0.717, 1.165) is 4.68 Å². The summed E-state index contributed by atoms with van der Waals surface area (Å²) in [6.45, 7) is 1.37. The minimum Gasteiger partial charge on any atom is -0.482 e. The third kappa shape index (κ3) is 4.30. The molecule has 1 aliphatic heterocycles. The van der Waals surface area contributed by atoms with Gasteiger partial charge in [0.2, 0.25) is 15.8 Å². The molecule has 10 heteroatoms. The second kappa shape index (κ2) is 8.84. The number of para-hydroxylation sites is 1. The number of sulfonamides is 1. The van der Waals surface area contributed by atoms with E-state index in [1.807, 2.05) is 29.2 Å². The molecule has 34 heavy (non-hydrogen) atoms. The van der Waals surface area contributed by atoms with Crippen molar-refractivity contribution in [1.82, 2.24) is 14.1 Å². The third-order valence-electron chi connectivity index (χ3n) is 6.34. The maximum Gasteiger partial charge on any atom is 0.316 e. The van der Waals surface area contributed by atoms with Gasteiger partial charge in [0, 0.05) is 39.0 Å². The van der Waals surface area contributed by atoms with Gasteiger partial charge in [-0.25, -0.2) is 12.8 Å². The second-order valence-electron chi connectivity index (χ2n) is 8.59. The van der Waals surface area contributed by atoms with Crippen molar-refractivity contribution in [3.05, 3.63) is 82.0 Å². The predicted octanol–water partition coefficient (Wildman–Crippen LogP) is 2.00. The molecule has 5 rings (SSSR count). The van der Waals surface area contributed by atoms with E-state index in [1.165, 1.54) is 40.0 Å². The molecule has 8 nitrogen and oxygen atoms in total. The Morgan fingerprint density at radius 1 is 0.941 bits per heavy atom. The summed E-state index contributed by atoms with van der Waals surface area (Å²) in [4.78, 5) is 15.4. The van der Waals surface area contributed by atoms with E-state index in [0.29, 0.717) is 44.7 Å². The first-order valence-electron chi connectivity index (χ1n) is 11.1. The molecular weight excluding hydrogens is 459 g/mol. The molecule has 178 valence electrons. The van der Waals surface area contributed by atoms with Crippen molar-refractivity contribution in [3.8, 4) is 11.4 Å². The quantitative estimate of drug-likeness (QED) is 0.551. The van der Waals surface area contributed by atoms with Crippen LogP contribution in [0.15, 0.2) is 59.5 Å². The Morgan fingerprint density at radius 3 is 2.18 bits per heavy atom. The summed E-state index contributed by atoms with van der Waals surface area (Å²) < 4.78 is 47.0. The van der Waals surface area contributed by atoms with E-state index in [2.05, 4.69) is 5.10 Å². The Bertz CT molecular complexity index is 1360. The average molecular weight is 485 g/mol. The van der Waals surface area contributed by atoms with Crippen LogP contribution in [0.1, 0.15) is 11.1 Å². The van der Waals surface area contributed by atoms with Crippen molar-refractivity contribution in [1.29, 1.82) is 0 Å². The van der Waals surface area contributed by atoms with E-state index >= 15 is 0 Å². The highest BCUT2D eigenvalue weighted by atomic mass is 32.2. The Labute approximate surface area is 197 Å². The van der Waals surface area contributed by atoms with Gasteiger partial charge >= 0.3 is 5.56 Å². The summed E-state index contributed by atoms with van der Waals surface area (Å²) in [5.41, 5.74) is 2.34. The predicted molar refractivity (Wildman–Crippen MR) is 127 cm³/mol. The highest BCUT2D eigenvalue weighted by Gasteiger charge is 2.30. The van der Waals surface area contributed by atoms with E-state index in [1.54, 1.807) is 12.1 Å². The van der Waals surface area contributed by atoms with Crippen molar-refractivity contribution in [2.24, 2.45) is 0 Å². The topological polar surface area (TPSA) is 84.7 Å². The summed E-state index contributed by atoms with van der Waals surface area (Å²) in [5, 5.41) is 4.24. The van der Waals surface area contributed by atoms with Crippen LogP contribution >= 0.6 is 0 Å². The standard InChI is InChI=1S/C24H25FN4O4S/c1-34(31,32)28-12-10-27(11-13-28)22-16-26-29(21-9-5-4-8-20(21)25)24(30)23(22)33-19-14-17-6-2-3-7-18(17)15-19/h2-9,16,19H,10-15H2,1H3. The molecule has 1 saturated heterocycles. The molecule has 0 saturated carbocycles. The monoisotopic (exact) mass is 484 g/mol. The zero-order valence-corrected chi connectivity index (χ0v) is 19.5. The van der Waals surface area contributed by atoms with Gasteiger partial charge in [-0.05, 0) is 23.3 Å². The Hall–Kier alpha value is -3.24. The lowest BCUT2D eigenvalue weighted by atomic mass is 10.1. The second-order valence-corrected chi connectivity index (χ2v) is 10.6. The molecule has 2 aliphatic rings. The number of aromatic nitrogens is 2. The molecule has 0 radical (unpaired) electrons. The molecule has 0 amide bonds. The largest absolute Gasteiger partial charge is 0.482 e. The molecule has 0 N–H and O–H groups in total. The maximum absolute atomic E-state index is 14.5. The number of benzene rings is 2. The van der Waals surface area contributed by atoms with Gasteiger partial charge in [-0.2, -0.15) is 14.1 Å². The highest BCUT2D eigenvalue weighted by Crippen LogP contribution is 2.30. The summed E-state index contributed by atoms with van der Waals surface area (Å²) in [6, 6.07) is 14.0. The number of fused-ring (bicyclic) bond motifs is 1. The van der Waals surface area contributed by atoms with Crippen LogP contribution in [0.5, 0.6) is 5.75 Å². The van der Waals surface area contributed by atoms with E-state index in [4.69, 9.17) is 4.74 Å². The first-order chi connectivity index (χ1) is 16.3. The van der Waals surface area contributed by atoms with Gasteiger partial charge in [0.15, 0.2) is 0 Å². The van der Waals surface area contributed by atoms with Gasteiger partial charge in [0.05, 0.1) is 12.5 Å². The zero-order chi connectivity index (χ0) is 23.9. The van der Waals surface area contributed by atoms with Gasteiger partial charge in [-0.3, -0.25) is 4.79 Å². The molecule has 1 aliphatic carbocycles. The van der Waals surface area contributed by atoms with Gasteiger partial charge < -0.3 is 9.64 Å². The number of halogens is 1. The summed E-state index contributed by atoms with van der Waals surface area (Å²) in [5.74, 6) is -0.463. The molecule has 1 aromatic heterocycles.